The molecular weight excluding hydrogens is 314 g/mol. The highest BCUT2D eigenvalue weighted by Crippen LogP contribution is 2.28. The van der Waals surface area contributed by atoms with Crippen molar-refractivity contribution in [1.29, 1.82) is 0 Å². The van der Waals surface area contributed by atoms with E-state index in [4.69, 9.17) is 9.47 Å². The van der Waals surface area contributed by atoms with E-state index in [-0.39, 0.29) is 4.90 Å². The summed E-state index contributed by atoms with van der Waals surface area (Å²) >= 11 is 0. The number of benzene rings is 2. The van der Waals surface area contributed by atoms with Gasteiger partial charge in [0.25, 0.3) is 10.0 Å². The molecule has 0 N–H and O–H groups in total. The largest absolute Gasteiger partial charge is 0.497 e. The van der Waals surface area contributed by atoms with Crippen molar-refractivity contribution in [1.82, 2.24) is 0 Å². The maximum Gasteiger partial charge on any atom is 0.264 e. The number of anilines is 1. The number of ether oxygens (including phenoxy) is 2. The van der Waals surface area contributed by atoms with Crippen molar-refractivity contribution in [3.8, 4) is 11.5 Å². The minimum absolute atomic E-state index is 0.244. The number of rotatable bonds is 6. The second kappa shape index (κ2) is 6.91. The first kappa shape index (κ1) is 17.1. The smallest absolute Gasteiger partial charge is 0.264 e. The van der Waals surface area contributed by atoms with E-state index in [9.17, 15) is 8.42 Å². The molecule has 2 aromatic carbocycles. The van der Waals surface area contributed by atoms with Gasteiger partial charge < -0.3 is 9.47 Å². The lowest BCUT2D eigenvalue weighted by atomic mass is 10.2. The normalized spacial score (nSPS) is 11.1. The molecule has 0 bridgehead atoms. The zero-order valence-corrected chi connectivity index (χ0v) is 14.6. The van der Waals surface area contributed by atoms with Gasteiger partial charge in [0.05, 0.1) is 24.8 Å². The van der Waals surface area contributed by atoms with Crippen LogP contribution in [0.5, 0.6) is 11.5 Å². The average molecular weight is 335 g/mol. The fraction of sp³-hybridized carbons (Fsp3) is 0.294. The number of nitrogens with zero attached hydrogens (tertiary/aromatic N) is 1. The molecule has 0 fully saturated rings. The first-order valence-electron chi connectivity index (χ1n) is 7.25. The number of methoxy groups -OCH3 is 2. The van der Waals surface area contributed by atoms with Gasteiger partial charge in [-0.05, 0) is 61.9 Å². The van der Waals surface area contributed by atoms with Crippen molar-refractivity contribution in [2.75, 3.05) is 25.1 Å². The lowest BCUT2D eigenvalue weighted by Gasteiger charge is -2.23. The van der Waals surface area contributed by atoms with Crippen molar-refractivity contribution < 1.29 is 17.9 Å². The molecule has 0 spiro atoms. The van der Waals surface area contributed by atoms with E-state index in [2.05, 4.69) is 0 Å². The van der Waals surface area contributed by atoms with Crippen molar-refractivity contribution in [3.63, 3.8) is 0 Å². The molecule has 0 aliphatic carbocycles. The molecule has 0 radical (unpaired) electrons. The molecule has 2 rings (SSSR count). The Morgan fingerprint density at radius 3 is 2.13 bits per heavy atom. The summed E-state index contributed by atoms with van der Waals surface area (Å²) in [6.07, 6.45) is 0. The lowest BCUT2D eigenvalue weighted by Crippen LogP contribution is -2.30. The summed E-state index contributed by atoms with van der Waals surface area (Å²) in [5, 5.41) is 0. The molecule has 23 heavy (non-hydrogen) atoms. The molecule has 6 heteroatoms. The Labute approximate surface area is 137 Å². The molecule has 0 amide bonds. The highest BCUT2D eigenvalue weighted by molar-refractivity contribution is 7.92. The zero-order valence-electron chi connectivity index (χ0n) is 13.7. The first-order chi connectivity index (χ1) is 10.9. The summed E-state index contributed by atoms with van der Waals surface area (Å²) in [4.78, 5) is 0.244. The maximum absolute atomic E-state index is 12.9. The van der Waals surface area contributed by atoms with Gasteiger partial charge in [-0.2, -0.15) is 0 Å². The third kappa shape index (κ3) is 3.42. The third-order valence-electron chi connectivity index (χ3n) is 3.60. The summed E-state index contributed by atoms with van der Waals surface area (Å²) < 4.78 is 37.5. The zero-order chi connectivity index (χ0) is 17.0. The molecule has 124 valence electrons. The van der Waals surface area contributed by atoms with Crippen molar-refractivity contribution >= 4 is 15.7 Å². The van der Waals surface area contributed by atoms with E-state index in [1.807, 2.05) is 6.92 Å². The summed E-state index contributed by atoms with van der Waals surface area (Å²) in [7, 11) is -0.500. The van der Waals surface area contributed by atoms with Crippen LogP contribution in [-0.2, 0) is 10.0 Å². The van der Waals surface area contributed by atoms with Crippen LogP contribution >= 0.6 is 0 Å². The van der Waals surface area contributed by atoms with Gasteiger partial charge in [-0.1, -0.05) is 0 Å². The van der Waals surface area contributed by atoms with Gasteiger partial charge in [-0.15, -0.1) is 0 Å². The van der Waals surface area contributed by atoms with E-state index in [0.717, 1.165) is 5.56 Å². The van der Waals surface area contributed by atoms with Crippen LogP contribution in [0.1, 0.15) is 12.5 Å². The highest BCUT2D eigenvalue weighted by Gasteiger charge is 2.24. The van der Waals surface area contributed by atoms with Crippen LogP contribution in [-0.4, -0.2) is 29.2 Å². The van der Waals surface area contributed by atoms with Crippen molar-refractivity contribution in [2.45, 2.75) is 18.7 Å². The number of aryl methyl sites for hydroxylation is 1. The number of hydrogen-bond donors (Lipinski definition) is 0. The lowest BCUT2D eigenvalue weighted by molar-refractivity contribution is 0.411. The summed E-state index contributed by atoms with van der Waals surface area (Å²) in [5.41, 5.74) is 1.38. The van der Waals surface area contributed by atoms with Gasteiger partial charge >= 0.3 is 0 Å². The van der Waals surface area contributed by atoms with E-state index in [1.54, 1.807) is 63.6 Å². The fourth-order valence-corrected chi connectivity index (χ4v) is 3.94. The van der Waals surface area contributed by atoms with Crippen LogP contribution in [0.25, 0.3) is 0 Å². The Morgan fingerprint density at radius 1 is 1.00 bits per heavy atom. The average Bonchev–Trinajstić information content (AvgIpc) is 2.55. The molecule has 0 saturated heterocycles. The van der Waals surface area contributed by atoms with Crippen molar-refractivity contribution in [3.05, 3.63) is 48.0 Å². The van der Waals surface area contributed by atoms with Crippen LogP contribution in [0, 0.1) is 6.92 Å². The van der Waals surface area contributed by atoms with Crippen LogP contribution in [0.15, 0.2) is 47.4 Å². The van der Waals surface area contributed by atoms with E-state index in [0.29, 0.717) is 23.7 Å². The minimum Gasteiger partial charge on any atom is -0.497 e. The van der Waals surface area contributed by atoms with E-state index < -0.39 is 10.0 Å². The first-order valence-corrected chi connectivity index (χ1v) is 8.69. The fourth-order valence-electron chi connectivity index (χ4n) is 2.38. The molecule has 0 aliphatic rings. The Bertz CT molecular complexity index is 770. The Hall–Kier alpha value is -2.21. The van der Waals surface area contributed by atoms with E-state index >= 15 is 0 Å². The topological polar surface area (TPSA) is 55.8 Å². The van der Waals surface area contributed by atoms with E-state index in [1.165, 1.54) is 4.31 Å². The highest BCUT2D eigenvalue weighted by atomic mass is 32.2. The van der Waals surface area contributed by atoms with Crippen LogP contribution in [0.4, 0.5) is 5.69 Å². The minimum atomic E-state index is -3.63. The molecule has 5 nitrogen and oxygen atoms in total. The molecule has 0 aliphatic heterocycles. The summed E-state index contributed by atoms with van der Waals surface area (Å²) in [5.74, 6) is 1.35. The standard InChI is InChI=1S/C17H21NO4S/c1-5-18(14-6-8-15(21-3)9-7-14)23(19,20)16-10-11-17(22-4)13(2)12-16/h6-12H,5H2,1-4H3. The third-order valence-corrected chi connectivity index (χ3v) is 5.50. The van der Waals surface area contributed by atoms with Crippen LogP contribution in [0.3, 0.4) is 0 Å². The quantitative estimate of drug-likeness (QED) is 0.813. The Balaban J connectivity index is 2.43. The van der Waals surface area contributed by atoms with Gasteiger partial charge in [-0.3, -0.25) is 4.31 Å². The Morgan fingerprint density at radius 2 is 1.65 bits per heavy atom. The molecule has 2 aromatic rings. The molecule has 0 aromatic heterocycles. The van der Waals surface area contributed by atoms with Crippen LogP contribution in [0.2, 0.25) is 0 Å². The molecule has 0 saturated carbocycles. The maximum atomic E-state index is 12.9. The second-order valence-corrected chi connectivity index (χ2v) is 6.86. The van der Waals surface area contributed by atoms with Gasteiger partial charge in [0.1, 0.15) is 11.5 Å². The SMILES string of the molecule is CCN(c1ccc(OC)cc1)S(=O)(=O)c1ccc(OC)c(C)c1. The molecule has 0 unspecified atom stereocenters. The number of sulfonamides is 1. The van der Waals surface area contributed by atoms with Crippen molar-refractivity contribution in [2.24, 2.45) is 0 Å². The predicted molar refractivity (Wildman–Crippen MR) is 90.9 cm³/mol. The van der Waals surface area contributed by atoms with Gasteiger partial charge in [0, 0.05) is 6.54 Å². The Kier molecular flexibility index (Phi) is 5.15. The van der Waals surface area contributed by atoms with Gasteiger partial charge in [0.2, 0.25) is 0 Å². The summed E-state index contributed by atoms with van der Waals surface area (Å²) in [6.45, 7) is 3.96. The molecule has 0 atom stereocenters. The number of hydrogen-bond acceptors (Lipinski definition) is 4. The predicted octanol–water partition coefficient (Wildman–Crippen LogP) is 3.23. The van der Waals surface area contributed by atoms with Crippen LogP contribution < -0.4 is 13.8 Å². The summed E-state index contributed by atoms with van der Waals surface area (Å²) in [6, 6.07) is 11.8. The molecular formula is C17H21NO4S. The van der Waals surface area contributed by atoms with Gasteiger partial charge in [-0.25, -0.2) is 8.42 Å². The molecule has 0 heterocycles. The monoisotopic (exact) mass is 335 g/mol. The second-order valence-electron chi connectivity index (χ2n) is 5.00. The van der Waals surface area contributed by atoms with Gasteiger partial charge in [0.15, 0.2) is 0 Å².